The van der Waals surface area contributed by atoms with E-state index in [9.17, 15) is 14.4 Å². The van der Waals surface area contributed by atoms with E-state index in [1.807, 2.05) is 0 Å². The fourth-order valence-corrected chi connectivity index (χ4v) is 2.76. The average molecular weight is 287 g/mol. The third kappa shape index (κ3) is 2.10. The van der Waals surface area contributed by atoms with E-state index in [4.69, 9.17) is 4.42 Å². The first-order valence-electron chi connectivity index (χ1n) is 5.86. The van der Waals surface area contributed by atoms with Crippen LogP contribution in [0.5, 0.6) is 0 Å². The molecule has 20 heavy (non-hydrogen) atoms. The highest BCUT2D eigenvalue weighted by Crippen LogP contribution is 2.11. The predicted molar refractivity (Wildman–Crippen MR) is 75.4 cm³/mol. The van der Waals surface area contributed by atoms with Crippen molar-refractivity contribution in [2.75, 3.05) is 0 Å². The number of hydrogen-bond donors (Lipinski definition) is 0. The summed E-state index contributed by atoms with van der Waals surface area (Å²) < 4.78 is 6.53. The third-order valence-corrected chi connectivity index (χ3v) is 3.85. The summed E-state index contributed by atoms with van der Waals surface area (Å²) >= 11 is 0.946. The minimum atomic E-state index is -0.454. The first kappa shape index (κ1) is 12.6. The molecule has 0 radical (unpaired) electrons. The van der Waals surface area contributed by atoms with Crippen molar-refractivity contribution in [1.29, 1.82) is 0 Å². The highest BCUT2D eigenvalue weighted by molar-refractivity contribution is 7.16. The molecule has 0 spiro atoms. The molecule has 6 heteroatoms. The van der Waals surface area contributed by atoms with Crippen molar-refractivity contribution in [2.45, 2.75) is 6.54 Å². The van der Waals surface area contributed by atoms with Crippen LogP contribution in [0.3, 0.4) is 0 Å². The molecule has 3 rings (SSSR count). The van der Waals surface area contributed by atoms with Crippen LogP contribution in [-0.4, -0.2) is 10.4 Å². The minimum absolute atomic E-state index is 0.134. The van der Waals surface area contributed by atoms with E-state index >= 15 is 0 Å². The van der Waals surface area contributed by atoms with Crippen LogP contribution < -0.4 is 10.4 Å². The van der Waals surface area contributed by atoms with Crippen LogP contribution in [0.4, 0.5) is 0 Å². The third-order valence-electron chi connectivity index (χ3n) is 2.88. The van der Waals surface area contributed by atoms with Gasteiger partial charge in [0.25, 0.3) is 5.56 Å². The Morgan fingerprint density at radius 3 is 2.70 bits per heavy atom. The maximum absolute atomic E-state index is 12.2. The number of hydrogen-bond acceptors (Lipinski definition) is 5. The van der Waals surface area contributed by atoms with Gasteiger partial charge in [0.15, 0.2) is 5.76 Å². The molecule has 0 amide bonds. The van der Waals surface area contributed by atoms with Gasteiger partial charge < -0.3 is 4.42 Å². The molecular weight excluding hydrogens is 278 g/mol. The van der Waals surface area contributed by atoms with Crippen molar-refractivity contribution in [1.82, 2.24) is 4.57 Å². The molecule has 2 aromatic heterocycles. The van der Waals surface area contributed by atoms with Gasteiger partial charge in [-0.3, -0.25) is 19.0 Å². The van der Waals surface area contributed by atoms with Crippen molar-refractivity contribution in [3.63, 3.8) is 0 Å². The number of aromatic nitrogens is 1. The van der Waals surface area contributed by atoms with Gasteiger partial charge in [-0.1, -0.05) is 23.5 Å². The average Bonchev–Trinajstić information content (AvgIpc) is 2.97. The second kappa shape index (κ2) is 4.90. The summed E-state index contributed by atoms with van der Waals surface area (Å²) in [4.78, 5) is 35.7. The summed E-state index contributed by atoms with van der Waals surface area (Å²) in [6, 6.07) is 9.91. The molecule has 0 saturated carbocycles. The molecule has 3 aromatic rings. The predicted octanol–water partition coefficient (Wildman–Crippen LogP) is 1.90. The summed E-state index contributed by atoms with van der Waals surface area (Å²) in [5, 5.41) is 0.435. The number of furan rings is 1. The van der Waals surface area contributed by atoms with Gasteiger partial charge in [0.05, 0.1) is 18.2 Å². The molecule has 5 nitrogen and oxygen atoms in total. The Kier molecular flexibility index (Phi) is 3.08. The fourth-order valence-electron chi connectivity index (χ4n) is 1.90. The van der Waals surface area contributed by atoms with E-state index in [-0.39, 0.29) is 12.3 Å². The highest BCUT2D eigenvalue weighted by Gasteiger charge is 2.14. The van der Waals surface area contributed by atoms with Crippen LogP contribution in [0.25, 0.3) is 10.1 Å². The van der Waals surface area contributed by atoms with E-state index in [0.29, 0.717) is 10.1 Å². The molecule has 2 heterocycles. The highest BCUT2D eigenvalue weighted by atomic mass is 32.1. The molecule has 100 valence electrons. The number of carbonyl (C=O) groups is 1. The smallest absolute Gasteiger partial charge is 0.310 e. The molecule has 0 unspecified atom stereocenters. The number of ketones is 1. The molecule has 1 aromatic carbocycles. The maximum atomic E-state index is 12.2. The first-order chi connectivity index (χ1) is 9.66. The van der Waals surface area contributed by atoms with Gasteiger partial charge >= 0.3 is 4.87 Å². The summed E-state index contributed by atoms with van der Waals surface area (Å²) in [5.74, 6) is -0.272. The Bertz CT molecular complexity index is 889. The Morgan fingerprint density at radius 1 is 1.15 bits per heavy atom. The molecule has 0 saturated heterocycles. The summed E-state index contributed by atoms with van der Waals surface area (Å²) in [7, 11) is 0. The zero-order valence-corrected chi connectivity index (χ0v) is 11.1. The van der Waals surface area contributed by atoms with E-state index < -0.39 is 16.2 Å². The first-order valence-corrected chi connectivity index (χ1v) is 6.68. The lowest BCUT2D eigenvalue weighted by Gasteiger charge is -2.03. The van der Waals surface area contributed by atoms with Gasteiger partial charge in [-0.25, -0.2) is 0 Å². The van der Waals surface area contributed by atoms with E-state index in [0.717, 1.165) is 15.9 Å². The van der Waals surface area contributed by atoms with Crippen LogP contribution in [0.1, 0.15) is 10.6 Å². The van der Waals surface area contributed by atoms with Gasteiger partial charge in [0.1, 0.15) is 0 Å². The molecule has 0 bridgehead atoms. The van der Waals surface area contributed by atoms with Crippen molar-refractivity contribution >= 4 is 27.2 Å². The van der Waals surface area contributed by atoms with Crippen molar-refractivity contribution < 1.29 is 9.21 Å². The number of nitrogens with zero attached hydrogens (tertiary/aromatic N) is 1. The Morgan fingerprint density at radius 2 is 1.95 bits per heavy atom. The lowest BCUT2D eigenvalue weighted by molar-refractivity contribution is 0.0943. The van der Waals surface area contributed by atoms with Crippen LogP contribution in [-0.2, 0) is 6.54 Å². The molecular formula is C14H9NO4S. The second-order valence-corrected chi connectivity index (χ2v) is 5.15. The molecule has 0 aliphatic carbocycles. The molecule has 0 N–H and O–H groups in total. The van der Waals surface area contributed by atoms with E-state index in [2.05, 4.69) is 0 Å². The maximum Gasteiger partial charge on any atom is 0.310 e. The van der Waals surface area contributed by atoms with Crippen LogP contribution >= 0.6 is 11.3 Å². The van der Waals surface area contributed by atoms with Gasteiger partial charge in [0, 0.05) is 4.70 Å². The Labute approximate surface area is 116 Å². The van der Waals surface area contributed by atoms with E-state index in [1.54, 1.807) is 30.3 Å². The van der Waals surface area contributed by atoms with Crippen LogP contribution in [0, 0.1) is 0 Å². The largest absolute Gasteiger partial charge is 0.461 e. The zero-order chi connectivity index (χ0) is 14.1. The topological polar surface area (TPSA) is 69.3 Å². The number of Topliss-reactive ketones (excluding diaryl/α,β-unsaturated/α-hetero) is 1. The Balaban J connectivity index is 2.10. The SMILES string of the molecule is O=C(Cn1c(=O)sc2ccccc2c1=O)c1ccco1. The summed E-state index contributed by atoms with van der Waals surface area (Å²) in [6.45, 7) is -0.313. The molecule has 0 aliphatic rings. The normalized spacial score (nSPS) is 10.8. The standard InChI is InChI=1S/C14H9NO4S/c16-10(11-5-3-7-19-11)8-15-13(17)9-4-1-2-6-12(9)20-14(15)18/h1-7H,8H2. The van der Waals surface area contributed by atoms with Crippen molar-refractivity contribution in [3.8, 4) is 0 Å². The number of benzene rings is 1. The molecule has 0 fully saturated rings. The quantitative estimate of drug-likeness (QED) is 0.690. The van der Waals surface area contributed by atoms with E-state index in [1.165, 1.54) is 12.3 Å². The van der Waals surface area contributed by atoms with Crippen molar-refractivity contribution in [3.05, 3.63) is 68.4 Å². The Hall–Kier alpha value is -2.47. The molecule has 0 atom stereocenters. The number of carbonyl (C=O) groups excluding carboxylic acids is 1. The second-order valence-electron chi connectivity index (χ2n) is 4.16. The molecule has 0 aliphatic heterocycles. The zero-order valence-electron chi connectivity index (χ0n) is 10.2. The van der Waals surface area contributed by atoms with Gasteiger partial charge in [-0.15, -0.1) is 0 Å². The van der Waals surface area contributed by atoms with Gasteiger partial charge in [-0.2, -0.15) is 0 Å². The van der Waals surface area contributed by atoms with Gasteiger partial charge in [0.2, 0.25) is 5.78 Å². The lowest BCUT2D eigenvalue weighted by Crippen LogP contribution is -2.33. The summed E-state index contributed by atoms with van der Waals surface area (Å²) in [5.41, 5.74) is -0.454. The van der Waals surface area contributed by atoms with Gasteiger partial charge in [-0.05, 0) is 24.3 Å². The number of fused-ring (bicyclic) bond motifs is 1. The minimum Gasteiger partial charge on any atom is -0.461 e. The monoisotopic (exact) mass is 287 g/mol. The summed E-state index contributed by atoms with van der Waals surface area (Å²) in [6.07, 6.45) is 1.37. The lowest BCUT2D eigenvalue weighted by atomic mass is 10.2. The fraction of sp³-hybridized carbons (Fsp3) is 0.0714. The van der Waals surface area contributed by atoms with Crippen LogP contribution in [0.15, 0.2) is 56.7 Å². The van der Waals surface area contributed by atoms with Crippen molar-refractivity contribution in [2.24, 2.45) is 0 Å². The van der Waals surface area contributed by atoms with Crippen LogP contribution in [0.2, 0.25) is 0 Å². The number of rotatable bonds is 3.